The first-order valence-electron chi connectivity index (χ1n) is 9.25. The number of nitrogens with one attached hydrogen (secondary N) is 1. The van der Waals surface area contributed by atoms with Gasteiger partial charge in [-0.05, 0) is 61.7 Å². The van der Waals surface area contributed by atoms with Crippen LogP contribution in [0.4, 0.5) is 4.39 Å². The van der Waals surface area contributed by atoms with Crippen molar-refractivity contribution in [3.63, 3.8) is 0 Å². The number of carbonyl (C=O) groups is 1. The van der Waals surface area contributed by atoms with Gasteiger partial charge in [-0.1, -0.05) is 6.07 Å². The Kier molecular flexibility index (Phi) is 5.36. The molecule has 2 aromatic rings. The van der Waals surface area contributed by atoms with Gasteiger partial charge in [0.1, 0.15) is 17.3 Å². The van der Waals surface area contributed by atoms with Gasteiger partial charge in [-0.25, -0.2) is 4.39 Å². The second-order valence-electron chi connectivity index (χ2n) is 6.89. The van der Waals surface area contributed by atoms with Crippen molar-refractivity contribution in [3.05, 3.63) is 59.9 Å². The quantitative estimate of drug-likeness (QED) is 0.891. The normalized spacial score (nSPS) is 24.7. The Bertz CT molecular complexity index is 795. The molecule has 1 saturated heterocycles. The van der Waals surface area contributed by atoms with E-state index in [4.69, 9.17) is 14.2 Å². The average Bonchev–Trinajstić information content (AvgIpc) is 2.70. The van der Waals surface area contributed by atoms with E-state index in [9.17, 15) is 9.18 Å². The molecule has 2 aliphatic rings. The van der Waals surface area contributed by atoms with Gasteiger partial charge in [-0.3, -0.25) is 4.79 Å². The van der Waals surface area contributed by atoms with Crippen LogP contribution in [0.3, 0.4) is 0 Å². The van der Waals surface area contributed by atoms with Crippen LogP contribution in [-0.2, 0) is 9.47 Å². The van der Waals surface area contributed by atoms with E-state index >= 15 is 0 Å². The van der Waals surface area contributed by atoms with E-state index in [-0.39, 0.29) is 30.0 Å². The fourth-order valence-electron chi connectivity index (χ4n) is 3.61. The molecular formula is C21H22FNO4. The van der Waals surface area contributed by atoms with Crippen molar-refractivity contribution in [3.8, 4) is 11.5 Å². The Balaban J connectivity index is 1.38. The number of rotatable bonds is 4. The number of hydrogen-bond acceptors (Lipinski definition) is 4. The van der Waals surface area contributed by atoms with Crippen molar-refractivity contribution in [1.82, 2.24) is 5.32 Å². The molecule has 2 fully saturated rings. The number of hydrogen-bond donors (Lipinski definition) is 1. The molecule has 27 heavy (non-hydrogen) atoms. The molecule has 1 heterocycles. The maximum Gasteiger partial charge on any atom is 0.251 e. The molecule has 2 aromatic carbocycles. The summed E-state index contributed by atoms with van der Waals surface area (Å²) in [6.07, 6.45) is 2.75. The van der Waals surface area contributed by atoms with Gasteiger partial charge in [0.15, 0.2) is 0 Å². The van der Waals surface area contributed by atoms with E-state index in [1.54, 1.807) is 36.4 Å². The lowest BCUT2D eigenvalue weighted by Crippen LogP contribution is -2.49. The average molecular weight is 371 g/mol. The van der Waals surface area contributed by atoms with Crippen molar-refractivity contribution in [1.29, 1.82) is 0 Å². The first-order valence-corrected chi connectivity index (χ1v) is 9.25. The minimum absolute atomic E-state index is 0.0611. The highest BCUT2D eigenvalue weighted by Gasteiger charge is 2.34. The van der Waals surface area contributed by atoms with Gasteiger partial charge in [0, 0.05) is 11.6 Å². The summed E-state index contributed by atoms with van der Waals surface area (Å²) >= 11 is 0. The first-order chi connectivity index (χ1) is 13.2. The predicted molar refractivity (Wildman–Crippen MR) is 97.5 cm³/mol. The zero-order valence-electron chi connectivity index (χ0n) is 14.9. The molecule has 3 atom stereocenters. The molecule has 4 rings (SSSR count). The zero-order valence-corrected chi connectivity index (χ0v) is 14.9. The van der Waals surface area contributed by atoms with Gasteiger partial charge in [0.25, 0.3) is 5.91 Å². The molecular weight excluding hydrogens is 349 g/mol. The molecule has 142 valence electrons. The monoisotopic (exact) mass is 371 g/mol. The maximum atomic E-state index is 13.0. The van der Waals surface area contributed by atoms with Crippen LogP contribution in [0.25, 0.3) is 0 Å². The standard InChI is InChI=1S/C21H22FNO4/c22-15-4-7-17(8-5-15)27-18-3-1-2-14(12-18)21(24)23-16-6-9-19-20(13-16)26-11-10-25-19/h1-5,7-8,12,16,19-20H,6,9-11,13H2,(H,23,24)/t16-,19-,20-/m1/s1. The van der Waals surface area contributed by atoms with Crippen LogP contribution < -0.4 is 10.1 Å². The Hall–Kier alpha value is -2.44. The van der Waals surface area contributed by atoms with Crippen molar-refractivity contribution >= 4 is 5.91 Å². The van der Waals surface area contributed by atoms with Crippen molar-refractivity contribution in [2.75, 3.05) is 13.2 Å². The highest BCUT2D eigenvalue weighted by molar-refractivity contribution is 5.94. The topological polar surface area (TPSA) is 56.8 Å². The molecule has 1 N–H and O–H groups in total. The SMILES string of the molecule is O=C(N[C@@H]1CC[C@H]2OCCO[C@@H]2C1)c1cccc(Oc2ccc(F)cc2)c1. The minimum atomic E-state index is -0.322. The Morgan fingerprint density at radius 2 is 1.78 bits per heavy atom. The summed E-state index contributed by atoms with van der Waals surface area (Å²) in [5.41, 5.74) is 0.526. The van der Waals surface area contributed by atoms with Crippen LogP contribution in [0.2, 0.25) is 0 Å². The van der Waals surface area contributed by atoms with Gasteiger partial charge in [-0.15, -0.1) is 0 Å². The van der Waals surface area contributed by atoms with E-state index in [0.29, 0.717) is 30.3 Å². The maximum absolute atomic E-state index is 13.0. The van der Waals surface area contributed by atoms with Crippen LogP contribution in [0.5, 0.6) is 11.5 Å². The highest BCUT2D eigenvalue weighted by atomic mass is 19.1. The molecule has 6 heteroatoms. The number of carbonyl (C=O) groups excluding carboxylic acids is 1. The molecule has 1 aliphatic heterocycles. The van der Waals surface area contributed by atoms with Crippen molar-refractivity contribution in [2.45, 2.75) is 37.5 Å². The number of ether oxygens (including phenoxy) is 3. The van der Waals surface area contributed by atoms with Gasteiger partial charge >= 0.3 is 0 Å². The smallest absolute Gasteiger partial charge is 0.251 e. The largest absolute Gasteiger partial charge is 0.457 e. The molecule has 1 saturated carbocycles. The fourth-order valence-corrected chi connectivity index (χ4v) is 3.61. The van der Waals surface area contributed by atoms with E-state index in [1.807, 2.05) is 0 Å². The van der Waals surface area contributed by atoms with Crippen LogP contribution in [-0.4, -0.2) is 37.4 Å². The van der Waals surface area contributed by atoms with Crippen molar-refractivity contribution in [2.24, 2.45) is 0 Å². The summed E-state index contributed by atoms with van der Waals surface area (Å²) in [6, 6.07) is 12.8. The van der Waals surface area contributed by atoms with Crippen LogP contribution in [0.1, 0.15) is 29.6 Å². The lowest BCUT2D eigenvalue weighted by molar-refractivity contribution is -0.157. The highest BCUT2D eigenvalue weighted by Crippen LogP contribution is 2.27. The first kappa shape index (κ1) is 17.9. The van der Waals surface area contributed by atoms with Gasteiger partial charge in [0.2, 0.25) is 0 Å². The fraction of sp³-hybridized carbons (Fsp3) is 0.381. The molecule has 0 spiro atoms. The van der Waals surface area contributed by atoms with Crippen LogP contribution >= 0.6 is 0 Å². The van der Waals surface area contributed by atoms with E-state index in [0.717, 1.165) is 19.3 Å². The number of halogens is 1. The zero-order chi connectivity index (χ0) is 18.6. The molecule has 0 radical (unpaired) electrons. The number of benzene rings is 2. The van der Waals surface area contributed by atoms with E-state index in [2.05, 4.69) is 5.32 Å². The lowest BCUT2D eigenvalue weighted by atomic mass is 9.89. The third-order valence-corrected chi connectivity index (χ3v) is 4.96. The van der Waals surface area contributed by atoms with Crippen molar-refractivity contribution < 1.29 is 23.4 Å². The van der Waals surface area contributed by atoms with Gasteiger partial charge < -0.3 is 19.5 Å². The van der Waals surface area contributed by atoms with Gasteiger partial charge in [-0.2, -0.15) is 0 Å². The Morgan fingerprint density at radius 3 is 2.59 bits per heavy atom. The molecule has 1 amide bonds. The molecule has 0 aromatic heterocycles. The predicted octanol–water partition coefficient (Wildman–Crippen LogP) is 3.68. The second kappa shape index (κ2) is 8.06. The summed E-state index contributed by atoms with van der Waals surface area (Å²) in [5, 5.41) is 3.09. The number of amides is 1. The molecule has 0 bridgehead atoms. The lowest BCUT2D eigenvalue weighted by Gasteiger charge is -2.39. The third-order valence-electron chi connectivity index (χ3n) is 4.96. The summed E-state index contributed by atoms with van der Waals surface area (Å²) in [6.45, 7) is 1.27. The summed E-state index contributed by atoms with van der Waals surface area (Å²) in [4.78, 5) is 12.6. The number of fused-ring (bicyclic) bond motifs is 1. The van der Waals surface area contributed by atoms with E-state index in [1.165, 1.54) is 12.1 Å². The second-order valence-corrected chi connectivity index (χ2v) is 6.89. The Labute approximate surface area is 157 Å². The summed E-state index contributed by atoms with van der Waals surface area (Å²) in [7, 11) is 0. The summed E-state index contributed by atoms with van der Waals surface area (Å²) in [5.74, 6) is 0.584. The molecule has 5 nitrogen and oxygen atoms in total. The van der Waals surface area contributed by atoms with E-state index < -0.39 is 0 Å². The minimum Gasteiger partial charge on any atom is -0.457 e. The van der Waals surface area contributed by atoms with Crippen LogP contribution in [0, 0.1) is 5.82 Å². The van der Waals surface area contributed by atoms with Gasteiger partial charge in [0.05, 0.1) is 25.4 Å². The summed E-state index contributed by atoms with van der Waals surface area (Å²) < 4.78 is 30.2. The van der Waals surface area contributed by atoms with Crippen LogP contribution in [0.15, 0.2) is 48.5 Å². The molecule has 1 aliphatic carbocycles. The third kappa shape index (κ3) is 4.46. The molecule has 0 unspecified atom stereocenters. The Morgan fingerprint density at radius 1 is 1.00 bits per heavy atom.